The monoisotopic (exact) mass is 297 g/mol. The lowest BCUT2D eigenvalue weighted by Crippen LogP contribution is -2.22. The van der Waals surface area contributed by atoms with Crippen molar-refractivity contribution in [2.75, 3.05) is 19.4 Å². The van der Waals surface area contributed by atoms with Crippen molar-refractivity contribution < 1.29 is 22.3 Å². The molecule has 0 aliphatic rings. The summed E-state index contributed by atoms with van der Waals surface area (Å²) in [4.78, 5) is 0. The third-order valence-corrected chi connectivity index (χ3v) is 3.23. The molecule has 0 aliphatic carbocycles. The van der Waals surface area contributed by atoms with Gasteiger partial charge in [-0.05, 0) is 36.4 Å². The largest absolute Gasteiger partial charge is 0.494 e. The molecule has 1 atom stereocenters. The van der Waals surface area contributed by atoms with Gasteiger partial charge in [-0.3, -0.25) is 0 Å². The molecule has 0 spiro atoms. The Hall–Kier alpha value is -0.950. The summed E-state index contributed by atoms with van der Waals surface area (Å²) in [6.07, 6.45) is 0. The number of hydrogen-bond donors (Lipinski definition) is 1. The summed E-state index contributed by atoms with van der Waals surface area (Å²) in [5, 5.41) is 2.94. The Morgan fingerprint density at radius 3 is 2.63 bits per heavy atom. The molecule has 1 aromatic rings. The average molecular weight is 297 g/mol. The zero-order chi connectivity index (χ0) is 14.5. The van der Waals surface area contributed by atoms with Gasteiger partial charge in [-0.2, -0.15) is 13.2 Å². The first-order valence-electron chi connectivity index (χ1n) is 5.61. The second-order valence-electron chi connectivity index (χ2n) is 3.86. The lowest BCUT2D eigenvalue weighted by molar-refractivity contribution is -0.0327. The molecule has 0 fully saturated rings. The molecule has 0 saturated carbocycles. The van der Waals surface area contributed by atoms with Gasteiger partial charge in [0.15, 0.2) is 11.6 Å². The number of thioether (sulfide) groups is 1. The summed E-state index contributed by atoms with van der Waals surface area (Å²) >= 11 is -0.0663. The first-order chi connectivity index (χ1) is 8.83. The van der Waals surface area contributed by atoms with Crippen LogP contribution in [0.1, 0.15) is 18.5 Å². The van der Waals surface area contributed by atoms with E-state index in [1.807, 2.05) is 0 Å². The van der Waals surface area contributed by atoms with E-state index in [9.17, 15) is 17.6 Å². The van der Waals surface area contributed by atoms with Gasteiger partial charge in [-0.25, -0.2) is 4.39 Å². The highest BCUT2D eigenvalue weighted by atomic mass is 32.2. The minimum Gasteiger partial charge on any atom is -0.494 e. The van der Waals surface area contributed by atoms with Gasteiger partial charge < -0.3 is 10.1 Å². The van der Waals surface area contributed by atoms with Crippen LogP contribution in [0.3, 0.4) is 0 Å². The molecule has 2 nitrogen and oxygen atoms in total. The fraction of sp³-hybridized carbons (Fsp3) is 0.500. The summed E-state index contributed by atoms with van der Waals surface area (Å²) in [6.45, 7) is 2.01. The molecule has 0 aromatic heterocycles. The number of halogens is 4. The van der Waals surface area contributed by atoms with Gasteiger partial charge in [0.2, 0.25) is 0 Å². The lowest BCUT2D eigenvalue weighted by Gasteiger charge is -2.15. The summed E-state index contributed by atoms with van der Waals surface area (Å²) in [6, 6.07) is 4.20. The van der Waals surface area contributed by atoms with Crippen LogP contribution < -0.4 is 10.1 Å². The molecule has 108 valence electrons. The second kappa shape index (κ2) is 7.00. The number of hydrogen-bond acceptors (Lipinski definition) is 3. The van der Waals surface area contributed by atoms with Crippen molar-refractivity contribution >= 4 is 11.8 Å². The molecule has 7 heteroatoms. The van der Waals surface area contributed by atoms with Crippen molar-refractivity contribution in [3.8, 4) is 5.75 Å². The first kappa shape index (κ1) is 16.1. The summed E-state index contributed by atoms with van der Waals surface area (Å²) < 4.78 is 53.8. The molecule has 1 N–H and O–H groups in total. The number of alkyl halides is 3. The standard InChI is InChI=1S/C12H15F4NOS/c1-8(17-5-6-19-12(14,15)16)9-3-4-10(13)11(7-9)18-2/h3-4,7-8,17H,5-6H2,1-2H3. The van der Waals surface area contributed by atoms with Crippen LogP contribution in [0.4, 0.5) is 17.6 Å². The molecule has 0 heterocycles. The Bertz CT molecular complexity index is 411. The highest BCUT2D eigenvalue weighted by Gasteiger charge is 2.27. The van der Waals surface area contributed by atoms with Crippen LogP contribution in [0.25, 0.3) is 0 Å². The molecular weight excluding hydrogens is 282 g/mol. The SMILES string of the molecule is COc1cc(C(C)NCCSC(F)(F)F)ccc1F. The Morgan fingerprint density at radius 1 is 1.37 bits per heavy atom. The summed E-state index contributed by atoms with van der Waals surface area (Å²) in [7, 11) is 1.36. The molecule has 0 bridgehead atoms. The van der Waals surface area contributed by atoms with E-state index < -0.39 is 11.3 Å². The van der Waals surface area contributed by atoms with E-state index in [1.54, 1.807) is 13.0 Å². The zero-order valence-corrected chi connectivity index (χ0v) is 11.4. The van der Waals surface area contributed by atoms with Gasteiger partial charge in [0.1, 0.15) is 0 Å². The molecule has 0 saturated heterocycles. The Balaban J connectivity index is 2.47. The third kappa shape index (κ3) is 5.69. The predicted octanol–water partition coefficient (Wildman–Crippen LogP) is 3.74. The first-order valence-corrected chi connectivity index (χ1v) is 6.59. The van der Waals surface area contributed by atoms with Crippen LogP contribution >= 0.6 is 11.8 Å². The molecule has 0 aliphatic heterocycles. The highest BCUT2D eigenvalue weighted by molar-refractivity contribution is 8.00. The fourth-order valence-corrected chi connectivity index (χ4v) is 1.96. The van der Waals surface area contributed by atoms with E-state index >= 15 is 0 Å². The van der Waals surface area contributed by atoms with Gasteiger partial charge in [0.05, 0.1) is 7.11 Å². The second-order valence-corrected chi connectivity index (χ2v) is 5.02. The van der Waals surface area contributed by atoms with Crippen molar-refractivity contribution in [2.24, 2.45) is 0 Å². The van der Waals surface area contributed by atoms with Crippen LogP contribution in [0.2, 0.25) is 0 Å². The van der Waals surface area contributed by atoms with E-state index in [0.29, 0.717) is 0 Å². The van der Waals surface area contributed by atoms with Crippen molar-refractivity contribution in [3.63, 3.8) is 0 Å². The Labute approximate surface area is 113 Å². The number of ether oxygens (including phenoxy) is 1. The molecule has 1 unspecified atom stereocenters. The third-order valence-electron chi connectivity index (χ3n) is 2.49. The topological polar surface area (TPSA) is 21.3 Å². The van der Waals surface area contributed by atoms with Crippen molar-refractivity contribution in [2.45, 2.75) is 18.5 Å². The minimum atomic E-state index is -4.20. The molecule has 1 rings (SSSR count). The minimum absolute atomic E-state index is 0.0633. The predicted molar refractivity (Wildman–Crippen MR) is 67.9 cm³/mol. The summed E-state index contributed by atoms with van der Waals surface area (Å²) in [5.41, 5.74) is -3.44. The maximum absolute atomic E-state index is 13.2. The van der Waals surface area contributed by atoms with Crippen molar-refractivity contribution in [1.29, 1.82) is 0 Å². The lowest BCUT2D eigenvalue weighted by atomic mass is 10.1. The molecule has 0 amide bonds. The van der Waals surface area contributed by atoms with E-state index in [2.05, 4.69) is 5.32 Å². The molecular formula is C12H15F4NOS. The van der Waals surface area contributed by atoms with Crippen LogP contribution in [-0.4, -0.2) is 24.9 Å². The van der Waals surface area contributed by atoms with Gasteiger partial charge >= 0.3 is 5.51 Å². The number of nitrogens with one attached hydrogen (secondary N) is 1. The Morgan fingerprint density at radius 2 is 2.05 bits per heavy atom. The van der Waals surface area contributed by atoms with Gasteiger partial charge in [0.25, 0.3) is 0 Å². The number of methoxy groups -OCH3 is 1. The van der Waals surface area contributed by atoms with Crippen LogP contribution in [0.15, 0.2) is 18.2 Å². The van der Waals surface area contributed by atoms with Gasteiger partial charge in [0, 0.05) is 18.3 Å². The number of rotatable bonds is 6. The van der Waals surface area contributed by atoms with E-state index in [4.69, 9.17) is 4.74 Å². The highest BCUT2D eigenvalue weighted by Crippen LogP contribution is 2.29. The molecule has 0 radical (unpaired) electrons. The fourth-order valence-electron chi connectivity index (χ4n) is 1.51. The average Bonchev–Trinajstić information content (AvgIpc) is 2.33. The maximum Gasteiger partial charge on any atom is 0.441 e. The van der Waals surface area contributed by atoms with E-state index in [1.165, 1.54) is 19.2 Å². The van der Waals surface area contributed by atoms with Gasteiger partial charge in [-0.15, -0.1) is 0 Å². The van der Waals surface area contributed by atoms with Crippen molar-refractivity contribution in [3.05, 3.63) is 29.6 Å². The number of benzene rings is 1. The Kier molecular flexibility index (Phi) is 5.93. The van der Waals surface area contributed by atoms with Crippen molar-refractivity contribution in [1.82, 2.24) is 5.32 Å². The maximum atomic E-state index is 13.2. The molecule has 19 heavy (non-hydrogen) atoms. The van der Waals surface area contributed by atoms with E-state index in [-0.39, 0.29) is 35.9 Å². The quantitative estimate of drug-likeness (QED) is 0.638. The van der Waals surface area contributed by atoms with Crippen LogP contribution in [0.5, 0.6) is 5.75 Å². The van der Waals surface area contributed by atoms with Crippen LogP contribution in [0, 0.1) is 5.82 Å². The van der Waals surface area contributed by atoms with Gasteiger partial charge in [-0.1, -0.05) is 6.07 Å². The normalized spacial score (nSPS) is 13.4. The summed E-state index contributed by atoms with van der Waals surface area (Å²) in [5.74, 6) is -0.409. The van der Waals surface area contributed by atoms with Crippen LogP contribution in [-0.2, 0) is 0 Å². The zero-order valence-electron chi connectivity index (χ0n) is 10.6. The molecule has 1 aromatic carbocycles. The van der Waals surface area contributed by atoms with E-state index in [0.717, 1.165) is 5.56 Å². The smallest absolute Gasteiger partial charge is 0.441 e.